The molecule has 1 aliphatic rings. The number of halogens is 1. The van der Waals surface area contributed by atoms with Crippen LogP contribution in [0.1, 0.15) is 6.92 Å². The van der Waals surface area contributed by atoms with Crippen LogP contribution in [0.2, 0.25) is 0 Å². The molecule has 5 heteroatoms. The molecule has 0 radical (unpaired) electrons. The molecule has 18 heavy (non-hydrogen) atoms. The van der Waals surface area contributed by atoms with Crippen LogP contribution < -0.4 is 10.6 Å². The Morgan fingerprint density at radius 2 is 2.28 bits per heavy atom. The minimum atomic E-state index is -0.285. The van der Waals surface area contributed by atoms with Crippen molar-refractivity contribution in [3.05, 3.63) is 30.1 Å². The van der Waals surface area contributed by atoms with E-state index in [1.165, 1.54) is 6.07 Å². The molecule has 98 valence electrons. The van der Waals surface area contributed by atoms with Crippen LogP contribution in [-0.2, 0) is 4.74 Å². The molecule has 4 nitrogen and oxygen atoms in total. The lowest BCUT2D eigenvalue weighted by molar-refractivity contribution is 0.150. The number of nitrogens with two attached hydrogens (primary N) is 1. The van der Waals surface area contributed by atoms with Gasteiger partial charge in [0.05, 0.1) is 24.9 Å². The zero-order valence-electron chi connectivity index (χ0n) is 10.6. The molecule has 2 rings (SSSR count). The number of methoxy groups -OCH3 is 1. The van der Waals surface area contributed by atoms with Gasteiger partial charge in [0.15, 0.2) is 5.96 Å². The van der Waals surface area contributed by atoms with Crippen molar-refractivity contribution < 1.29 is 9.13 Å². The van der Waals surface area contributed by atoms with Crippen molar-refractivity contribution in [2.75, 3.05) is 25.2 Å². The lowest BCUT2D eigenvalue weighted by atomic mass is 10.0. The van der Waals surface area contributed by atoms with Crippen LogP contribution in [0.15, 0.2) is 29.3 Å². The maximum Gasteiger partial charge on any atom is 0.196 e. The van der Waals surface area contributed by atoms with Gasteiger partial charge in [0, 0.05) is 13.0 Å². The Morgan fingerprint density at radius 1 is 1.56 bits per heavy atom. The molecular weight excluding hydrogens is 233 g/mol. The summed E-state index contributed by atoms with van der Waals surface area (Å²) in [5.41, 5.74) is 6.35. The first-order valence-corrected chi connectivity index (χ1v) is 5.97. The van der Waals surface area contributed by atoms with E-state index in [9.17, 15) is 4.39 Å². The zero-order valence-corrected chi connectivity index (χ0v) is 10.6. The van der Waals surface area contributed by atoms with E-state index in [4.69, 9.17) is 10.5 Å². The number of guanidine groups is 1. The summed E-state index contributed by atoms with van der Waals surface area (Å²) in [5, 5.41) is 0. The van der Waals surface area contributed by atoms with Gasteiger partial charge < -0.3 is 15.4 Å². The number of para-hydroxylation sites is 1. The van der Waals surface area contributed by atoms with Crippen LogP contribution in [0.3, 0.4) is 0 Å². The van der Waals surface area contributed by atoms with E-state index in [1.54, 1.807) is 30.2 Å². The number of nitrogens with zero attached hydrogens (tertiary/aromatic N) is 2. The molecule has 1 aliphatic heterocycles. The first kappa shape index (κ1) is 12.8. The molecule has 0 aromatic heterocycles. The second-order valence-electron chi connectivity index (χ2n) is 4.52. The fraction of sp³-hybridized carbons (Fsp3) is 0.462. The van der Waals surface area contributed by atoms with Crippen molar-refractivity contribution in [2.24, 2.45) is 16.6 Å². The number of anilines is 1. The Bertz CT molecular complexity index is 450. The van der Waals surface area contributed by atoms with Crippen LogP contribution in [0.5, 0.6) is 0 Å². The van der Waals surface area contributed by atoms with Gasteiger partial charge in [-0.2, -0.15) is 0 Å². The smallest absolute Gasteiger partial charge is 0.196 e. The average Bonchev–Trinajstić information content (AvgIpc) is 2.72. The number of hydrogen-bond acceptors (Lipinski definition) is 4. The van der Waals surface area contributed by atoms with Crippen LogP contribution in [0.25, 0.3) is 0 Å². The van der Waals surface area contributed by atoms with Crippen molar-refractivity contribution in [2.45, 2.75) is 13.0 Å². The van der Waals surface area contributed by atoms with Crippen LogP contribution >= 0.6 is 0 Å². The Balaban J connectivity index is 2.28. The molecule has 1 heterocycles. The lowest BCUT2D eigenvalue weighted by Gasteiger charge is -2.30. The number of hydrogen-bond donors (Lipinski definition) is 1. The summed E-state index contributed by atoms with van der Waals surface area (Å²) in [4.78, 5) is 5.98. The number of rotatable bonds is 4. The maximum absolute atomic E-state index is 13.9. The number of aliphatic imine (C=N–C) groups is 1. The molecule has 0 spiro atoms. The minimum absolute atomic E-state index is 0.0434. The first-order valence-electron chi connectivity index (χ1n) is 5.97. The molecule has 0 fully saturated rings. The Labute approximate surface area is 106 Å². The summed E-state index contributed by atoms with van der Waals surface area (Å²) in [7, 11) is 1.66. The second kappa shape index (κ2) is 5.35. The Morgan fingerprint density at radius 3 is 2.94 bits per heavy atom. The third kappa shape index (κ3) is 2.31. The Kier molecular flexibility index (Phi) is 3.81. The molecule has 0 aliphatic carbocycles. The molecule has 2 N–H and O–H groups in total. The predicted molar refractivity (Wildman–Crippen MR) is 70.2 cm³/mol. The second-order valence-corrected chi connectivity index (χ2v) is 4.52. The molecule has 2 atom stereocenters. The third-order valence-corrected chi connectivity index (χ3v) is 3.22. The quantitative estimate of drug-likeness (QED) is 0.884. The molecule has 1 aromatic carbocycles. The van der Waals surface area contributed by atoms with Crippen molar-refractivity contribution >= 4 is 11.6 Å². The zero-order chi connectivity index (χ0) is 13.1. The molecular formula is C13H18FN3O. The standard InChI is InChI=1S/C13H18FN3O/c1-9(8-18-2)12-7-16-13(15)17(12)11-6-4-3-5-10(11)14/h3-6,9,12H,7-8H2,1-2H3,(H2,15,16). The maximum atomic E-state index is 13.9. The molecule has 0 saturated carbocycles. The first-order chi connectivity index (χ1) is 8.65. The van der Waals surface area contributed by atoms with E-state index in [-0.39, 0.29) is 17.8 Å². The fourth-order valence-corrected chi connectivity index (χ4v) is 2.27. The molecule has 0 bridgehead atoms. The van der Waals surface area contributed by atoms with Crippen molar-refractivity contribution in [3.63, 3.8) is 0 Å². The van der Waals surface area contributed by atoms with E-state index in [0.29, 0.717) is 24.8 Å². The summed E-state index contributed by atoms with van der Waals surface area (Å²) in [5.74, 6) is 0.305. The van der Waals surface area contributed by atoms with Gasteiger partial charge in [0.2, 0.25) is 0 Å². The van der Waals surface area contributed by atoms with Gasteiger partial charge in [-0.3, -0.25) is 4.99 Å². The highest BCUT2D eigenvalue weighted by atomic mass is 19.1. The van der Waals surface area contributed by atoms with E-state index in [1.807, 2.05) is 0 Å². The summed E-state index contributed by atoms with van der Waals surface area (Å²) >= 11 is 0. The lowest BCUT2D eigenvalue weighted by Crippen LogP contribution is -2.45. The topological polar surface area (TPSA) is 50.9 Å². The van der Waals surface area contributed by atoms with E-state index >= 15 is 0 Å². The highest BCUT2D eigenvalue weighted by Gasteiger charge is 2.32. The van der Waals surface area contributed by atoms with Gasteiger partial charge in [-0.15, -0.1) is 0 Å². The molecule has 1 aromatic rings. The molecule has 0 amide bonds. The summed E-state index contributed by atoms with van der Waals surface area (Å²) in [6.07, 6.45) is 0. The summed E-state index contributed by atoms with van der Waals surface area (Å²) in [6, 6.07) is 6.65. The predicted octanol–water partition coefficient (Wildman–Crippen LogP) is 1.61. The van der Waals surface area contributed by atoms with E-state index < -0.39 is 0 Å². The average molecular weight is 251 g/mol. The summed E-state index contributed by atoms with van der Waals surface area (Å²) in [6.45, 7) is 3.22. The van der Waals surface area contributed by atoms with E-state index in [2.05, 4.69) is 11.9 Å². The van der Waals surface area contributed by atoms with Crippen LogP contribution in [0, 0.1) is 11.7 Å². The fourth-order valence-electron chi connectivity index (χ4n) is 2.27. The molecule has 2 unspecified atom stereocenters. The third-order valence-electron chi connectivity index (χ3n) is 3.22. The van der Waals surface area contributed by atoms with Crippen LogP contribution in [-0.4, -0.2) is 32.3 Å². The van der Waals surface area contributed by atoms with Crippen molar-refractivity contribution in [3.8, 4) is 0 Å². The summed E-state index contributed by atoms with van der Waals surface area (Å²) < 4.78 is 19.0. The van der Waals surface area contributed by atoms with Gasteiger partial charge in [-0.05, 0) is 12.1 Å². The van der Waals surface area contributed by atoms with Gasteiger partial charge in [0.25, 0.3) is 0 Å². The van der Waals surface area contributed by atoms with Gasteiger partial charge in [-0.1, -0.05) is 19.1 Å². The number of benzene rings is 1. The number of ether oxygens (including phenoxy) is 1. The van der Waals surface area contributed by atoms with E-state index in [0.717, 1.165) is 0 Å². The van der Waals surface area contributed by atoms with Gasteiger partial charge in [-0.25, -0.2) is 4.39 Å². The van der Waals surface area contributed by atoms with Gasteiger partial charge in [0.1, 0.15) is 5.82 Å². The van der Waals surface area contributed by atoms with Gasteiger partial charge >= 0.3 is 0 Å². The Hall–Kier alpha value is -1.62. The molecule has 0 saturated heterocycles. The monoisotopic (exact) mass is 251 g/mol. The largest absolute Gasteiger partial charge is 0.384 e. The minimum Gasteiger partial charge on any atom is -0.384 e. The van der Waals surface area contributed by atoms with Crippen molar-refractivity contribution in [1.29, 1.82) is 0 Å². The normalized spacial score (nSPS) is 20.9. The highest BCUT2D eigenvalue weighted by Crippen LogP contribution is 2.27. The van der Waals surface area contributed by atoms with Crippen LogP contribution in [0.4, 0.5) is 10.1 Å². The highest BCUT2D eigenvalue weighted by molar-refractivity contribution is 5.97. The van der Waals surface area contributed by atoms with Crippen molar-refractivity contribution in [1.82, 2.24) is 0 Å². The SMILES string of the molecule is COCC(C)C1CN=C(N)N1c1ccccc1F.